The van der Waals surface area contributed by atoms with Gasteiger partial charge in [0.05, 0.1) is 6.54 Å². The molecule has 1 aromatic heterocycles. The maximum Gasteiger partial charge on any atom is 0.244 e. The van der Waals surface area contributed by atoms with Crippen LogP contribution in [0.1, 0.15) is 231 Å². The molecule has 3 aromatic rings. The van der Waals surface area contributed by atoms with Crippen LogP contribution >= 0.6 is 0 Å². The highest BCUT2D eigenvalue weighted by Crippen LogP contribution is 2.41. The smallest absolute Gasteiger partial charge is 0.237 e. The van der Waals surface area contributed by atoms with Crippen LogP contribution in [0.3, 0.4) is 0 Å². The zero-order chi connectivity index (χ0) is 38.2. The summed E-state index contributed by atoms with van der Waals surface area (Å²) in [6, 6.07) is 23.1. The predicted molar refractivity (Wildman–Crippen MR) is 237 cm³/mol. The molecule has 0 bridgehead atoms. The Morgan fingerprint density at radius 2 is 0.870 bits per heavy atom. The summed E-state index contributed by atoms with van der Waals surface area (Å²) in [7, 11) is 0. The number of aromatic nitrogens is 2. The molecular weight excluding hydrogens is 653 g/mol. The van der Waals surface area contributed by atoms with Gasteiger partial charge >= 0.3 is 0 Å². The summed E-state index contributed by atoms with van der Waals surface area (Å²) in [5, 5.41) is 0. The summed E-state index contributed by atoms with van der Waals surface area (Å²) in [4.78, 5) is 0. The summed E-state index contributed by atoms with van der Waals surface area (Å²) in [5.74, 6) is 0. The lowest BCUT2D eigenvalue weighted by Gasteiger charge is -2.37. The minimum absolute atomic E-state index is 0.00460. The van der Waals surface area contributed by atoms with E-state index in [9.17, 15) is 0 Å². The van der Waals surface area contributed by atoms with E-state index in [2.05, 4.69) is 109 Å². The monoisotopic (exact) mass is 740 g/mol. The molecule has 0 fully saturated rings. The first-order valence-electron chi connectivity index (χ1n) is 23.8. The summed E-state index contributed by atoms with van der Waals surface area (Å²) in [6.45, 7) is 8.30. The minimum Gasteiger partial charge on any atom is -0.237 e. The van der Waals surface area contributed by atoms with Gasteiger partial charge < -0.3 is 0 Å². The van der Waals surface area contributed by atoms with Crippen molar-refractivity contribution in [1.29, 1.82) is 0 Å². The quantitative estimate of drug-likeness (QED) is 0.0415. The van der Waals surface area contributed by atoms with Crippen LogP contribution in [0, 0.1) is 0 Å². The van der Waals surface area contributed by atoms with E-state index in [1.54, 1.807) is 0 Å². The third-order valence-electron chi connectivity index (χ3n) is 12.5. The molecular formula is C52H87N2+. The zero-order valence-electron chi connectivity index (χ0n) is 36.1. The number of aryl methyl sites for hydroxylation is 1. The normalized spacial score (nSPS) is 13.3. The van der Waals surface area contributed by atoms with Crippen LogP contribution in [0.15, 0.2) is 79.4 Å². The van der Waals surface area contributed by atoms with Gasteiger partial charge in [0.1, 0.15) is 18.4 Å². The fourth-order valence-electron chi connectivity index (χ4n) is 8.97. The Bertz CT molecular complexity index is 1230. The molecule has 0 N–H and O–H groups in total. The second kappa shape index (κ2) is 30.8. The molecule has 0 saturated carbocycles. The second-order valence-electron chi connectivity index (χ2n) is 17.4. The van der Waals surface area contributed by atoms with Gasteiger partial charge in [-0.3, -0.25) is 0 Å². The Balaban J connectivity index is 1.45. The molecule has 2 unspecified atom stereocenters. The van der Waals surface area contributed by atoms with Crippen molar-refractivity contribution in [3.8, 4) is 0 Å². The highest BCUT2D eigenvalue weighted by Gasteiger charge is 2.40. The fourth-order valence-corrected chi connectivity index (χ4v) is 8.97. The van der Waals surface area contributed by atoms with Crippen molar-refractivity contribution < 1.29 is 4.57 Å². The largest absolute Gasteiger partial charge is 0.244 e. The van der Waals surface area contributed by atoms with Gasteiger partial charge in [-0.15, -0.1) is 0 Å². The Morgan fingerprint density at radius 1 is 0.481 bits per heavy atom. The predicted octanol–water partition coefficient (Wildman–Crippen LogP) is 16.3. The topological polar surface area (TPSA) is 8.81 Å². The summed E-state index contributed by atoms with van der Waals surface area (Å²) < 4.78 is 5.08. The van der Waals surface area contributed by atoms with Gasteiger partial charge in [-0.25, -0.2) is 9.13 Å². The molecule has 2 aromatic carbocycles. The van der Waals surface area contributed by atoms with Crippen molar-refractivity contribution in [3.05, 3.63) is 90.5 Å². The molecule has 0 aliphatic rings. The molecule has 0 aliphatic heterocycles. The molecule has 0 aliphatic carbocycles. The van der Waals surface area contributed by atoms with Crippen molar-refractivity contribution in [3.63, 3.8) is 0 Å². The van der Waals surface area contributed by atoms with E-state index in [1.165, 1.54) is 204 Å². The van der Waals surface area contributed by atoms with Crippen molar-refractivity contribution in [1.82, 2.24) is 4.57 Å². The third-order valence-corrected chi connectivity index (χ3v) is 12.5. The van der Waals surface area contributed by atoms with E-state index in [1.807, 2.05) is 0 Å². The maximum absolute atomic E-state index is 2.60. The Morgan fingerprint density at radius 3 is 1.31 bits per heavy atom. The average molecular weight is 740 g/mol. The van der Waals surface area contributed by atoms with Crippen LogP contribution in [-0.4, -0.2) is 4.57 Å². The molecule has 2 nitrogen and oxygen atoms in total. The number of benzene rings is 2. The van der Waals surface area contributed by atoms with Crippen molar-refractivity contribution in [2.24, 2.45) is 0 Å². The Labute approximate surface area is 336 Å². The summed E-state index contributed by atoms with van der Waals surface area (Å²) >= 11 is 0. The van der Waals surface area contributed by atoms with Crippen LogP contribution in [0.2, 0.25) is 0 Å². The highest BCUT2D eigenvalue weighted by atomic mass is 15.1. The zero-order valence-corrected chi connectivity index (χ0v) is 36.1. The molecule has 2 atom stereocenters. The van der Waals surface area contributed by atoms with Crippen LogP contribution in [0.5, 0.6) is 0 Å². The van der Waals surface area contributed by atoms with Gasteiger partial charge in [0, 0.05) is 5.41 Å². The highest BCUT2D eigenvalue weighted by molar-refractivity contribution is 5.30. The van der Waals surface area contributed by atoms with Crippen molar-refractivity contribution >= 4 is 0 Å². The standard InChI is InChI=1S/C52H87N2/c1-4-6-8-10-12-14-16-18-20-22-24-26-28-30-38-44-53-45-46-54(48-53)51(43-37-29-27-25-23-21-19-17-15-13-11-9-7-5-2)52(3,50-41-35-32-36-42-50)47-49-39-33-31-34-40-49/h31-36,39-42,45-46,48,51H,4-30,37-38,43-44,47H2,1-3H3/q+1. The van der Waals surface area contributed by atoms with Gasteiger partial charge in [0.2, 0.25) is 6.33 Å². The molecule has 0 amide bonds. The van der Waals surface area contributed by atoms with Crippen molar-refractivity contribution in [2.75, 3.05) is 0 Å². The molecule has 0 spiro atoms. The Hall–Kier alpha value is -2.35. The van der Waals surface area contributed by atoms with Crippen LogP contribution in [-0.2, 0) is 18.4 Å². The van der Waals surface area contributed by atoms with E-state index in [-0.39, 0.29) is 5.41 Å². The minimum atomic E-state index is 0.00460. The summed E-state index contributed by atoms with van der Waals surface area (Å²) in [6.07, 6.45) is 50.5. The lowest BCUT2D eigenvalue weighted by Crippen LogP contribution is -2.38. The molecule has 3 rings (SSSR count). The number of hydrogen-bond acceptors (Lipinski definition) is 0. The number of imidazole rings is 1. The number of unbranched alkanes of at least 4 members (excludes halogenated alkanes) is 27. The van der Waals surface area contributed by atoms with E-state index in [0.717, 1.165) is 13.0 Å². The fraction of sp³-hybridized carbons (Fsp3) is 0.712. The van der Waals surface area contributed by atoms with Gasteiger partial charge in [0.15, 0.2) is 0 Å². The first-order chi connectivity index (χ1) is 26.7. The molecule has 0 saturated heterocycles. The summed E-state index contributed by atoms with van der Waals surface area (Å²) in [5.41, 5.74) is 2.91. The lowest BCUT2D eigenvalue weighted by molar-refractivity contribution is -0.697. The lowest BCUT2D eigenvalue weighted by atomic mass is 9.70. The molecule has 2 heteroatoms. The first-order valence-corrected chi connectivity index (χ1v) is 23.8. The van der Waals surface area contributed by atoms with E-state index in [4.69, 9.17) is 0 Å². The van der Waals surface area contributed by atoms with Crippen LogP contribution in [0.4, 0.5) is 0 Å². The average Bonchev–Trinajstić information content (AvgIpc) is 3.66. The van der Waals surface area contributed by atoms with Crippen molar-refractivity contribution in [2.45, 2.75) is 238 Å². The Kier molecular flexibility index (Phi) is 26.3. The number of rotatable bonds is 36. The molecule has 0 radical (unpaired) electrons. The number of hydrogen-bond donors (Lipinski definition) is 0. The van der Waals surface area contributed by atoms with E-state index < -0.39 is 0 Å². The first kappa shape index (κ1) is 46.0. The third kappa shape index (κ3) is 20.0. The van der Waals surface area contributed by atoms with Gasteiger partial charge in [-0.05, 0) is 43.2 Å². The molecule has 1 heterocycles. The van der Waals surface area contributed by atoms with E-state index in [0.29, 0.717) is 6.04 Å². The molecule has 54 heavy (non-hydrogen) atoms. The van der Waals surface area contributed by atoms with Gasteiger partial charge in [-0.1, -0.05) is 248 Å². The maximum atomic E-state index is 2.60. The van der Waals surface area contributed by atoms with E-state index >= 15 is 0 Å². The van der Waals surface area contributed by atoms with Crippen LogP contribution < -0.4 is 4.57 Å². The second-order valence-corrected chi connectivity index (χ2v) is 17.4. The van der Waals surface area contributed by atoms with Crippen LogP contribution in [0.25, 0.3) is 0 Å². The van der Waals surface area contributed by atoms with Gasteiger partial charge in [0.25, 0.3) is 0 Å². The number of nitrogens with zero attached hydrogens (tertiary/aromatic N) is 2. The van der Waals surface area contributed by atoms with Gasteiger partial charge in [-0.2, -0.15) is 0 Å². The SMILES string of the molecule is CCCCCCCCCCCCCCCCC[n+]1ccn(C(CCCCCCCCCCCCCCCC)C(C)(Cc2ccccc2)c2ccccc2)c1. The molecule has 304 valence electrons.